The highest BCUT2D eigenvalue weighted by molar-refractivity contribution is 6.22. The standard InChI is InChI=1S/C21H19N3O4/c1-27-12-7-8-17(19(9-12)28-2)24-20(25)18-10-14-13-5-3-4-6-15(13)22-16(14)11-23(18)21(24)26/h3-9,18,22H,10-11H2,1-2H3. The second-order valence-corrected chi connectivity index (χ2v) is 6.97. The summed E-state index contributed by atoms with van der Waals surface area (Å²) in [6, 6.07) is 12.2. The average molecular weight is 377 g/mol. The van der Waals surface area contributed by atoms with Crippen molar-refractivity contribution in [3.05, 3.63) is 53.7 Å². The second-order valence-electron chi connectivity index (χ2n) is 6.97. The highest BCUT2D eigenvalue weighted by atomic mass is 16.5. The molecule has 1 N–H and O–H groups in total. The lowest BCUT2D eigenvalue weighted by Crippen LogP contribution is -2.39. The lowest BCUT2D eigenvalue weighted by Gasteiger charge is -2.26. The number of aromatic nitrogens is 1. The van der Waals surface area contributed by atoms with E-state index in [0.29, 0.717) is 30.2 Å². The molecule has 5 rings (SSSR count). The maximum absolute atomic E-state index is 13.2. The highest BCUT2D eigenvalue weighted by Gasteiger charge is 2.49. The number of carbonyl (C=O) groups excluding carboxylic acids is 2. The number of hydrogen-bond donors (Lipinski definition) is 1. The molecule has 142 valence electrons. The van der Waals surface area contributed by atoms with Gasteiger partial charge in [-0.05, 0) is 23.8 Å². The first-order chi connectivity index (χ1) is 13.6. The first-order valence-electron chi connectivity index (χ1n) is 9.07. The molecule has 0 radical (unpaired) electrons. The second kappa shape index (κ2) is 6.02. The minimum absolute atomic E-state index is 0.232. The molecule has 3 aromatic rings. The molecule has 28 heavy (non-hydrogen) atoms. The average Bonchev–Trinajstić information content (AvgIpc) is 3.21. The largest absolute Gasteiger partial charge is 0.497 e. The summed E-state index contributed by atoms with van der Waals surface area (Å²) >= 11 is 0. The smallest absolute Gasteiger partial charge is 0.332 e. The van der Waals surface area contributed by atoms with E-state index in [1.807, 2.05) is 24.3 Å². The van der Waals surface area contributed by atoms with Gasteiger partial charge in [0.2, 0.25) is 0 Å². The Labute approximate surface area is 161 Å². The molecule has 1 fully saturated rings. The van der Waals surface area contributed by atoms with Gasteiger partial charge in [-0.1, -0.05) is 18.2 Å². The third-order valence-corrected chi connectivity index (χ3v) is 5.57. The Morgan fingerprint density at radius 1 is 1.07 bits per heavy atom. The van der Waals surface area contributed by atoms with Gasteiger partial charge in [0.15, 0.2) is 0 Å². The quantitative estimate of drug-likeness (QED) is 0.712. The molecule has 1 aromatic heterocycles. The Hall–Kier alpha value is -3.48. The zero-order chi connectivity index (χ0) is 19.4. The topological polar surface area (TPSA) is 74.9 Å². The number of imide groups is 1. The van der Waals surface area contributed by atoms with E-state index in [0.717, 1.165) is 22.2 Å². The van der Waals surface area contributed by atoms with E-state index in [-0.39, 0.29) is 11.9 Å². The highest BCUT2D eigenvalue weighted by Crippen LogP contribution is 2.39. The molecule has 1 atom stereocenters. The summed E-state index contributed by atoms with van der Waals surface area (Å²) in [5.41, 5.74) is 3.56. The Morgan fingerprint density at radius 3 is 2.68 bits per heavy atom. The zero-order valence-corrected chi connectivity index (χ0v) is 15.6. The van der Waals surface area contributed by atoms with Crippen LogP contribution in [0.5, 0.6) is 11.5 Å². The van der Waals surface area contributed by atoms with Gasteiger partial charge in [0, 0.05) is 29.1 Å². The molecule has 1 saturated heterocycles. The van der Waals surface area contributed by atoms with Gasteiger partial charge in [0.05, 0.1) is 26.5 Å². The van der Waals surface area contributed by atoms with E-state index in [2.05, 4.69) is 4.98 Å². The van der Waals surface area contributed by atoms with Crippen LogP contribution in [0.4, 0.5) is 10.5 Å². The number of H-pyrrole nitrogens is 1. The van der Waals surface area contributed by atoms with Crippen molar-refractivity contribution >= 4 is 28.5 Å². The maximum Gasteiger partial charge on any atom is 0.332 e. The van der Waals surface area contributed by atoms with E-state index in [1.165, 1.54) is 12.0 Å². The number of nitrogens with zero attached hydrogens (tertiary/aromatic N) is 2. The normalized spacial score (nSPS) is 18.4. The maximum atomic E-state index is 13.2. The first kappa shape index (κ1) is 16.7. The van der Waals surface area contributed by atoms with Gasteiger partial charge < -0.3 is 19.4 Å². The molecule has 2 aromatic carbocycles. The third-order valence-electron chi connectivity index (χ3n) is 5.57. The van der Waals surface area contributed by atoms with Gasteiger partial charge in [-0.3, -0.25) is 4.79 Å². The molecule has 1 unspecified atom stereocenters. The van der Waals surface area contributed by atoms with E-state index < -0.39 is 6.04 Å². The monoisotopic (exact) mass is 377 g/mol. The number of aromatic amines is 1. The summed E-state index contributed by atoms with van der Waals surface area (Å²) in [5.74, 6) is 0.785. The molecule has 0 aliphatic carbocycles. The molecule has 7 heteroatoms. The fraction of sp³-hybridized carbons (Fsp3) is 0.238. The number of para-hydroxylation sites is 1. The van der Waals surface area contributed by atoms with Crippen molar-refractivity contribution in [1.82, 2.24) is 9.88 Å². The fourth-order valence-electron chi connectivity index (χ4n) is 4.19. The summed E-state index contributed by atoms with van der Waals surface area (Å²) in [6.45, 7) is 0.383. The van der Waals surface area contributed by atoms with E-state index in [9.17, 15) is 9.59 Å². The summed E-state index contributed by atoms with van der Waals surface area (Å²) in [7, 11) is 3.06. The number of ether oxygens (including phenoxy) is 2. The van der Waals surface area contributed by atoms with Crippen LogP contribution in [0, 0.1) is 0 Å². The minimum Gasteiger partial charge on any atom is -0.497 e. The van der Waals surface area contributed by atoms with Gasteiger partial charge in [-0.2, -0.15) is 0 Å². The van der Waals surface area contributed by atoms with Crippen molar-refractivity contribution in [3.63, 3.8) is 0 Å². The molecule has 0 spiro atoms. The number of urea groups is 1. The van der Waals surface area contributed by atoms with Gasteiger partial charge in [-0.15, -0.1) is 0 Å². The Bertz CT molecular complexity index is 1120. The number of anilines is 1. The van der Waals surface area contributed by atoms with Crippen LogP contribution >= 0.6 is 0 Å². The molecule has 7 nitrogen and oxygen atoms in total. The fourth-order valence-corrected chi connectivity index (χ4v) is 4.19. The number of rotatable bonds is 3. The predicted molar refractivity (Wildman–Crippen MR) is 104 cm³/mol. The number of carbonyl (C=O) groups is 2. The van der Waals surface area contributed by atoms with Gasteiger partial charge >= 0.3 is 6.03 Å². The molecular weight excluding hydrogens is 358 g/mol. The van der Waals surface area contributed by atoms with Crippen LogP contribution in [-0.2, 0) is 17.8 Å². The lowest BCUT2D eigenvalue weighted by atomic mass is 9.97. The number of hydrogen-bond acceptors (Lipinski definition) is 4. The van der Waals surface area contributed by atoms with Crippen molar-refractivity contribution < 1.29 is 19.1 Å². The Balaban J connectivity index is 1.54. The molecule has 2 aliphatic heterocycles. The van der Waals surface area contributed by atoms with Crippen LogP contribution in [-0.4, -0.2) is 42.1 Å². The summed E-state index contributed by atoms with van der Waals surface area (Å²) < 4.78 is 10.6. The molecule has 0 saturated carbocycles. The van der Waals surface area contributed by atoms with Crippen molar-refractivity contribution in [2.75, 3.05) is 19.1 Å². The lowest BCUT2D eigenvalue weighted by molar-refractivity contribution is -0.120. The Morgan fingerprint density at radius 2 is 1.89 bits per heavy atom. The number of methoxy groups -OCH3 is 2. The van der Waals surface area contributed by atoms with Crippen LogP contribution < -0.4 is 14.4 Å². The molecule has 0 bridgehead atoms. The predicted octanol–water partition coefficient (Wildman–Crippen LogP) is 3.08. The van der Waals surface area contributed by atoms with Crippen LogP contribution in [0.1, 0.15) is 11.3 Å². The summed E-state index contributed by atoms with van der Waals surface area (Å²) in [5, 5.41) is 1.11. The van der Waals surface area contributed by atoms with E-state index in [4.69, 9.17) is 9.47 Å². The zero-order valence-electron chi connectivity index (χ0n) is 15.6. The first-order valence-corrected chi connectivity index (χ1v) is 9.07. The van der Waals surface area contributed by atoms with Crippen molar-refractivity contribution in [2.45, 2.75) is 19.0 Å². The Kier molecular flexibility index (Phi) is 3.58. The van der Waals surface area contributed by atoms with E-state index >= 15 is 0 Å². The molecular formula is C21H19N3O4. The number of amides is 3. The number of nitrogens with one attached hydrogen (secondary N) is 1. The summed E-state index contributed by atoms with van der Waals surface area (Å²) in [4.78, 5) is 32.6. The van der Waals surface area contributed by atoms with Crippen LogP contribution in [0.25, 0.3) is 10.9 Å². The van der Waals surface area contributed by atoms with Crippen LogP contribution in [0.15, 0.2) is 42.5 Å². The summed E-state index contributed by atoms with van der Waals surface area (Å²) in [6.07, 6.45) is 0.499. The molecule has 2 aliphatic rings. The van der Waals surface area contributed by atoms with Crippen LogP contribution in [0.3, 0.4) is 0 Å². The van der Waals surface area contributed by atoms with Crippen LogP contribution in [0.2, 0.25) is 0 Å². The SMILES string of the molecule is COc1ccc(N2C(=O)C3Cc4c([nH]c5ccccc45)CN3C2=O)c(OC)c1. The third kappa shape index (κ3) is 2.22. The number of fused-ring (bicyclic) bond motifs is 4. The van der Waals surface area contributed by atoms with Crippen molar-refractivity contribution in [1.29, 1.82) is 0 Å². The van der Waals surface area contributed by atoms with Gasteiger partial charge in [0.1, 0.15) is 17.5 Å². The van der Waals surface area contributed by atoms with Gasteiger partial charge in [0.25, 0.3) is 5.91 Å². The van der Waals surface area contributed by atoms with E-state index in [1.54, 1.807) is 30.2 Å². The van der Waals surface area contributed by atoms with Crippen molar-refractivity contribution in [2.24, 2.45) is 0 Å². The molecule has 3 amide bonds. The molecule has 3 heterocycles. The van der Waals surface area contributed by atoms with Gasteiger partial charge in [-0.25, -0.2) is 9.69 Å². The van der Waals surface area contributed by atoms with Crippen molar-refractivity contribution in [3.8, 4) is 11.5 Å². The number of benzene rings is 2. The minimum atomic E-state index is -0.508.